The first-order chi connectivity index (χ1) is 10.1. The number of rotatable bonds is 3. The zero-order chi connectivity index (χ0) is 15.2. The predicted molar refractivity (Wildman–Crippen MR) is 94.6 cm³/mol. The Morgan fingerprint density at radius 2 is 1.81 bits per heavy atom. The molecule has 0 saturated heterocycles. The highest BCUT2D eigenvalue weighted by Gasteiger charge is 2.03. The summed E-state index contributed by atoms with van der Waals surface area (Å²) in [6, 6.07) is 13.0. The van der Waals surface area contributed by atoms with Gasteiger partial charge in [-0.25, -0.2) is 0 Å². The van der Waals surface area contributed by atoms with Crippen molar-refractivity contribution in [1.82, 2.24) is 5.43 Å². The maximum atomic E-state index is 6.05. The second kappa shape index (κ2) is 7.41. The fourth-order valence-electron chi connectivity index (χ4n) is 1.63. The summed E-state index contributed by atoms with van der Waals surface area (Å²) in [6.07, 6.45) is 1.61. The number of hydrogen-bond donors (Lipinski definition) is 2. The lowest BCUT2D eigenvalue weighted by Gasteiger charge is -2.10. The van der Waals surface area contributed by atoms with E-state index in [9.17, 15) is 0 Å². The van der Waals surface area contributed by atoms with Crippen LogP contribution in [-0.2, 0) is 0 Å². The van der Waals surface area contributed by atoms with Gasteiger partial charge < -0.3 is 5.32 Å². The van der Waals surface area contributed by atoms with Gasteiger partial charge in [0.05, 0.1) is 6.21 Å². The van der Waals surface area contributed by atoms with Crippen LogP contribution in [0.3, 0.4) is 0 Å². The lowest BCUT2D eigenvalue weighted by molar-refractivity contribution is 1.05. The lowest BCUT2D eigenvalue weighted by atomic mass is 10.2. The highest BCUT2D eigenvalue weighted by atomic mass is 35.5. The fourth-order valence-corrected chi connectivity index (χ4v) is 2.16. The summed E-state index contributed by atoms with van der Waals surface area (Å²) < 4.78 is 0. The van der Waals surface area contributed by atoms with Gasteiger partial charge in [0.15, 0.2) is 5.11 Å². The Kier molecular flexibility index (Phi) is 5.56. The number of anilines is 1. The third-order valence-electron chi connectivity index (χ3n) is 2.79. The molecule has 0 aliphatic rings. The Bertz CT molecular complexity index is 686. The molecule has 0 aliphatic heterocycles. The van der Waals surface area contributed by atoms with Crippen molar-refractivity contribution in [3.8, 4) is 0 Å². The first kappa shape index (κ1) is 15.8. The van der Waals surface area contributed by atoms with Crippen LogP contribution in [0.1, 0.15) is 11.1 Å². The fraction of sp³-hybridized carbons (Fsp3) is 0.0667. The SMILES string of the molecule is Cc1c(Cl)cccc1NC(=S)NN=Cc1ccccc1Cl. The maximum absolute atomic E-state index is 6.05. The smallest absolute Gasteiger partial charge is 0.191 e. The van der Waals surface area contributed by atoms with Gasteiger partial charge in [0.25, 0.3) is 0 Å². The second-order valence-electron chi connectivity index (χ2n) is 4.26. The summed E-state index contributed by atoms with van der Waals surface area (Å²) in [5, 5.41) is 8.79. The molecule has 2 rings (SSSR count). The molecule has 6 heteroatoms. The maximum Gasteiger partial charge on any atom is 0.191 e. The molecule has 2 N–H and O–H groups in total. The third kappa shape index (κ3) is 4.43. The molecule has 0 radical (unpaired) electrons. The molecule has 2 aromatic rings. The van der Waals surface area contributed by atoms with Gasteiger partial charge in [-0.1, -0.05) is 47.5 Å². The second-order valence-corrected chi connectivity index (χ2v) is 5.48. The van der Waals surface area contributed by atoms with E-state index in [0.29, 0.717) is 15.2 Å². The Hall–Kier alpha value is -1.62. The number of thiocarbonyl (C=S) groups is 1. The van der Waals surface area contributed by atoms with Crippen LogP contribution in [0.5, 0.6) is 0 Å². The first-order valence-corrected chi connectivity index (χ1v) is 7.34. The molecule has 0 aromatic heterocycles. The van der Waals surface area contributed by atoms with Crippen LogP contribution < -0.4 is 10.7 Å². The van der Waals surface area contributed by atoms with E-state index in [0.717, 1.165) is 16.8 Å². The predicted octanol–water partition coefficient (Wildman–Crippen LogP) is 4.62. The molecule has 2 aromatic carbocycles. The molecule has 3 nitrogen and oxygen atoms in total. The van der Waals surface area contributed by atoms with E-state index in [1.54, 1.807) is 12.3 Å². The molecular weight excluding hydrogens is 325 g/mol. The van der Waals surface area contributed by atoms with Crippen molar-refractivity contribution in [3.05, 3.63) is 63.6 Å². The monoisotopic (exact) mass is 337 g/mol. The summed E-state index contributed by atoms with van der Waals surface area (Å²) >= 11 is 17.3. The van der Waals surface area contributed by atoms with E-state index in [-0.39, 0.29) is 0 Å². The minimum absolute atomic E-state index is 0.378. The van der Waals surface area contributed by atoms with Gasteiger partial charge in [0, 0.05) is 21.3 Å². The first-order valence-electron chi connectivity index (χ1n) is 6.17. The molecule has 0 heterocycles. The summed E-state index contributed by atoms with van der Waals surface area (Å²) in [5.41, 5.74) is 5.32. The Labute approximate surface area is 139 Å². The molecule has 0 unspecified atom stereocenters. The van der Waals surface area contributed by atoms with Crippen molar-refractivity contribution in [2.24, 2.45) is 5.10 Å². The van der Waals surface area contributed by atoms with Crippen LogP contribution in [0.4, 0.5) is 5.69 Å². The Balaban J connectivity index is 1.97. The van der Waals surface area contributed by atoms with Crippen LogP contribution in [-0.4, -0.2) is 11.3 Å². The molecule has 108 valence electrons. The number of benzene rings is 2. The minimum Gasteiger partial charge on any atom is -0.331 e. The number of hydrazone groups is 1. The summed E-state index contributed by atoms with van der Waals surface area (Å²) in [5.74, 6) is 0. The standard InChI is InChI=1S/C15H13Cl2N3S/c1-10-12(16)7-4-8-14(10)19-15(21)20-18-9-11-5-2-3-6-13(11)17/h2-9H,1H3,(H2,19,20,21). The van der Waals surface area contributed by atoms with Crippen molar-refractivity contribution in [1.29, 1.82) is 0 Å². The highest BCUT2D eigenvalue weighted by Crippen LogP contribution is 2.22. The van der Waals surface area contributed by atoms with E-state index >= 15 is 0 Å². The third-order valence-corrected chi connectivity index (χ3v) is 3.74. The molecule has 21 heavy (non-hydrogen) atoms. The normalized spacial score (nSPS) is 10.6. The zero-order valence-electron chi connectivity index (χ0n) is 11.2. The average molecular weight is 338 g/mol. The highest BCUT2D eigenvalue weighted by molar-refractivity contribution is 7.80. The summed E-state index contributed by atoms with van der Waals surface area (Å²) in [4.78, 5) is 0. The Morgan fingerprint density at radius 3 is 2.57 bits per heavy atom. The van der Waals surface area contributed by atoms with Crippen molar-refractivity contribution in [3.63, 3.8) is 0 Å². The van der Waals surface area contributed by atoms with Crippen LogP contribution >= 0.6 is 35.4 Å². The summed E-state index contributed by atoms with van der Waals surface area (Å²) in [7, 11) is 0. The Morgan fingerprint density at radius 1 is 1.10 bits per heavy atom. The zero-order valence-corrected chi connectivity index (χ0v) is 13.6. The van der Waals surface area contributed by atoms with Gasteiger partial charge in [0.2, 0.25) is 0 Å². The van der Waals surface area contributed by atoms with Gasteiger partial charge >= 0.3 is 0 Å². The quantitative estimate of drug-likeness (QED) is 0.487. The minimum atomic E-state index is 0.378. The summed E-state index contributed by atoms with van der Waals surface area (Å²) in [6.45, 7) is 1.92. The van der Waals surface area contributed by atoms with E-state index < -0.39 is 0 Å². The topological polar surface area (TPSA) is 36.4 Å². The van der Waals surface area contributed by atoms with Gasteiger partial charge in [-0.2, -0.15) is 5.10 Å². The molecule has 0 spiro atoms. The number of nitrogens with one attached hydrogen (secondary N) is 2. The molecule has 0 fully saturated rings. The average Bonchev–Trinajstić information content (AvgIpc) is 2.46. The van der Waals surface area contributed by atoms with E-state index in [4.69, 9.17) is 35.4 Å². The molecule has 0 aliphatic carbocycles. The van der Waals surface area contributed by atoms with Crippen molar-refractivity contribution < 1.29 is 0 Å². The molecule has 0 saturated carbocycles. The largest absolute Gasteiger partial charge is 0.331 e. The number of hydrogen-bond acceptors (Lipinski definition) is 2. The van der Waals surface area contributed by atoms with Crippen LogP contribution in [0.25, 0.3) is 0 Å². The van der Waals surface area contributed by atoms with E-state index in [1.165, 1.54) is 0 Å². The number of halogens is 2. The van der Waals surface area contributed by atoms with Crippen molar-refractivity contribution in [2.75, 3.05) is 5.32 Å². The van der Waals surface area contributed by atoms with E-state index in [2.05, 4.69) is 15.8 Å². The van der Waals surface area contributed by atoms with Crippen molar-refractivity contribution in [2.45, 2.75) is 6.92 Å². The van der Waals surface area contributed by atoms with Crippen molar-refractivity contribution >= 4 is 52.4 Å². The molecular formula is C15H13Cl2N3S. The van der Waals surface area contributed by atoms with Gasteiger partial charge in [-0.05, 0) is 42.9 Å². The van der Waals surface area contributed by atoms with Crippen LogP contribution in [0.15, 0.2) is 47.6 Å². The lowest BCUT2D eigenvalue weighted by Crippen LogP contribution is -2.24. The van der Waals surface area contributed by atoms with E-state index in [1.807, 2.05) is 43.3 Å². The van der Waals surface area contributed by atoms with Gasteiger partial charge in [0.1, 0.15) is 0 Å². The van der Waals surface area contributed by atoms with Crippen LogP contribution in [0.2, 0.25) is 10.0 Å². The molecule has 0 amide bonds. The number of nitrogens with zero attached hydrogens (tertiary/aromatic N) is 1. The van der Waals surface area contributed by atoms with Gasteiger partial charge in [-0.3, -0.25) is 5.43 Å². The molecule has 0 atom stereocenters. The van der Waals surface area contributed by atoms with Gasteiger partial charge in [-0.15, -0.1) is 0 Å². The van der Waals surface area contributed by atoms with Crippen LogP contribution in [0, 0.1) is 6.92 Å². The molecule has 0 bridgehead atoms.